The molecule has 4 nitrogen and oxygen atoms in total. The third-order valence-corrected chi connectivity index (χ3v) is 2.69. The lowest BCUT2D eigenvalue weighted by atomic mass is 10.1. The summed E-state index contributed by atoms with van der Waals surface area (Å²) in [6, 6.07) is 10.1. The van der Waals surface area contributed by atoms with Crippen LogP contribution in [-0.4, -0.2) is 38.0 Å². The van der Waals surface area contributed by atoms with Crippen molar-refractivity contribution >= 4 is 5.91 Å². The highest BCUT2D eigenvalue weighted by Gasteiger charge is 2.14. The first-order valence-electron chi connectivity index (χ1n) is 6.32. The van der Waals surface area contributed by atoms with Crippen LogP contribution in [0.15, 0.2) is 30.3 Å². The fourth-order valence-corrected chi connectivity index (χ4v) is 1.81. The molecule has 0 heterocycles. The van der Waals surface area contributed by atoms with Gasteiger partial charge in [-0.3, -0.25) is 4.79 Å². The lowest BCUT2D eigenvalue weighted by molar-refractivity contribution is -0.122. The van der Waals surface area contributed by atoms with Crippen molar-refractivity contribution in [3.63, 3.8) is 0 Å². The molecule has 0 radical (unpaired) electrons. The molecule has 1 atom stereocenters. The van der Waals surface area contributed by atoms with E-state index in [1.165, 1.54) is 0 Å². The van der Waals surface area contributed by atoms with Crippen molar-refractivity contribution in [1.29, 1.82) is 0 Å². The summed E-state index contributed by atoms with van der Waals surface area (Å²) in [4.78, 5) is 13.9. The second kappa shape index (κ2) is 7.84. The van der Waals surface area contributed by atoms with Crippen LogP contribution >= 0.6 is 0 Å². The number of hydrogen-bond donors (Lipinski definition) is 2. The van der Waals surface area contributed by atoms with Gasteiger partial charge < -0.3 is 16.0 Å². The van der Waals surface area contributed by atoms with Crippen LogP contribution in [0.3, 0.4) is 0 Å². The van der Waals surface area contributed by atoms with Crippen LogP contribution in [0.2, 0.25) is 0 Å². The zero-order valence-corrected chi connectivity index (χ0v) is 11.2. The van der Waals surface area contributed by atoms with Crippen molar-refractivity contribution in [3.8, 4) is 0 Å². The number of carbonyl (C=O) groups is 1. The predicted molar refractivity (Wildman–Crippen MR) is 74.2 cm³/mol. The molecule has 0 fully saturated rings. The normalized spacial score (nSPS) is 12.4. The fourth-order valence-electron chi connectivity index (χ4n) is 1.81. The molecule has 0 bridgehead atoms. The molecule has 0 aliphatic heterocycles. The summed E-state index contributed by atoms with van der Waals surface area (Å²) in [5, 5.41) is 3.06. The monoisotopic (exact) mass is 249 g/mol. The molecular formula is C14H23N3O. The first-order valence-corrected chi connectivity index (χ1v) is 6.32. The highest BCUT2D eigenvalue weighted by Crippen LogP contribution is 2.13. The highest BCUT2D eigenvalue weighted by molar-refractivity contribution is 5.76. The third-order valence-electron chi connectivity index (χ3n) is 2.69. The average molecular weight is 249 g/mol. The number of nitrogens with one attached hydrogen (secondary N) is 1. The van der Waals surface area contributed by atoms with Gasteiger partial charge in [-0.2, -0.15) is 0 Å². The highest BCUT2D eigenvalue weighted by atomic mass is 16.1. The summed E-state index contributed by atoms with van der Waals surface area (Å²) in [6.07, 6.45) is 1.22. The van der Waals surface area contributed by atoms with E-state index in [9.17, 15) is 4.79 Å². The van der Waals surface area contributed by atoms with E-state index < -0.39 is 0 Å². The molecule has 1 unspecified atom stereocenters. The van der Waals surface area contributed by atoms with Crippen LogP contribution in [0.4, 0.5) is 0 Å². The Balaban J connectivity index is 2.64. The SMILES string of the molecule is CN(C)CC(NC(=O)CCCN)c1ccccc1. The average Bonchev–Trinajstić information content (AvgIpc) is 2.36. The first kappa shape index (κ1) is 14.7. The molecule has 1 aromatic carbocycles. The van der Waals surface area contributed by atoms with Gasteiger partial charge in [-0.1, -0.05) is 30.3 Å². The largest absolute Gasteiger partial charge is 0.348 e. The fraction of sp³-hybridized carbons (Fsp3) is 0.500. The maximum Gasteiger partial charge on any atom is 0.220 e. The van der Waals surface area contributed by atoms with E-state index in [4.69, 9.17) is 5.73 Å². The van der Waals surface area contributed by atoms with Crippen molar-refractivity contribution < 1.29 is 4.79 Å². The van der Waals surface area contributed by atoms with Crippen LogP contribution < -0.4 is 11.1 Å². The number of carbonyl (C=O) groups excluding carboxylic acids is 1. The van der Waals surface area contributed by atoms with Crippen LogP contribution in [0.25, 0.3) is 0 Å². The molecule has 0 aliphatic carbocycles. The molecule has 1 rings (SSSR count). The number of amides is 1. The van der Waals surface area contributed by atoms with Crippen molar-refractivity contribution in [3.05, 3.63) is 35.9 Å². The second-order valence-electron chi connectivity index (χ2n) is 4.69. The van der Waals surface area contributed by atoms with Crippen molar-refractivity contribution in [1.82, 2.24) is 10.2 Å². The van der Waals surface area contributed by atoms with Crippen LogP contribution in [0.1, 0.15) is 24.4 Å². The molecule has 1 amide bonds. The van der Waals surface area contributed by atoms with Crippen LogP contribution in [-0.2, 0) is 4.79 Å². The molecular weight excluding hydrogens is 226 g/mol. The molecule has 0 spiro atoms. The Bertz CT molecular complexity index is 351. The second-order valence-corrected chi connectivity index (χ2v) is 4.69. The summed E-state index contributed by atoms with van der Waals surface area (Å²) >= 11 is 0. The van der Waals surface area contributed by atoms with E-state index in [1.807, 2.05) is 44.4 Å². The molecule has 0 saturated heterocycles. The molecule has 1 aromatic rings. The van der Waals surface area contributed by atoms with Gasteiger partial charge in [-0.25, -0.2) is 0 Å². The summed E-state index contributed by atoms with van der Waals surface area (Å²) in [5.74, 6) is 0.0659. The Morgan fingerprint density at radius 1 is 1.33 bits per heavy atom. The molecule has 4 heteroatoms. The van der Waals surface area contributed by atoms with Gasteiger partial charge in [0.15, 0.2) is 0 Å². The Morgan fingerprint density at radius 3 is 2.56 bits per heavy atom. The van der Waals surface area contributed by atoms with E-state index in [0.717, 1.165) is 18.5 Å². The van der Waals surface area contributed by atoms with E-state index in [2.05, 4.69) is 10.2 Å². The van der Waals surface area contributed by atoms with Gasteiger partial charge in [0, 0.05) is 13.0 Å². The van der Waals surface area contributed by atoms with Gasteiger partial charge in [0.05, 0.1) is 6.04 Å². The van der Waals surface area contributed by atoms with Crippen molar-refractivity contribution in [2.24, 2.45) is 5.73 Å². The van der Waals surface area contributed by atoms with E-state index >= 15 is 0 Å². The van der Waals surface area contributed by atoms with Gasteiger partial charge in [0.25, 0.3) is 0 Å². The standard InChI is InChI=1S/C14H23N3O/c1-17(2)11-13(12-7-4-3-5-8-12)16-14(18)9-6-10-15/h3-5,7-8,13H,6,9-11,15H2,1-2H3,(H,16,18). The minimum Gasteiger partial charge on any atom is -0.348 e. The van der Waals surface area contributed by atoms with Gasteiger partial charge >= 0.3 is 0 Å². The summed E-state index contributed by atoms with van der Waals surface area (Å²) in [5.41, 5.74) is 6.54. The summed E-state index contributed by atoms with van der Waals surface area (Å²) in [7, 11) is 4.00. The predicted octanol–water partition coefficient (Wildman–Crippen LogP) is 1.14. The summed E-state index contributed by atoms with van der Waals surface area (Å²) in [6.45, 7) is 1.34. The van der Waals surface area contributed by atoms with Crippen molar-refractivity contribution in [2.75, 3.05) is 27.2 Å². The van der Waals surface area contributed by atoms with E-state index in [1.54, 1.807) is 0 Å². The van der Waals surface area contributed by atoms with Gasteiger partial charge in [-0.15, -0.1) is 0 Å². The number of nitrogens with zero attached hydrogens (tertiary/aromatic N) is 1. The molecule has 100 valence electrons. The quantitative estimate of drug-likeness (QED) is 0.762. The van der Waals surface area contributed by atoms with Crippen molar-refractivity contribution in [2.45, 2.75) is 18.9 Å². The lowest BCUT2D eigenvalue weighted by Gasteiger charge is -2.22. The maximum absolute atomic E-state index is 11.8. The maximum atomic E-state index is 11.8. The number of nitrogens with two attached hydrogens (primary N) is 1. The molecule has 0 aliphatic rings. The Hall–Kier alpha value is -1.39. The Labute approximate surface area is 109 Å². The minimum absolute atomic E-state index is 0.0338. The van der Waals surface area contributed by atoms with E-state index in [-0.39, 0.29) is 11.9 Å². The Morgan fingerprint density at radius 2 is 2.00 bits per heavy atom. The molecule has 18 heavy (non-hydrogen) atoms. The molecule has 0 aromatic heterocycles. The summed E-state index contributed by atoms with van der Waals surface area (Å²) < 4.78 is 0. The topological polar surface area (TPSA) is 58.4 Å². The molecule has 0 saturated carbocycles. The molecule has 3 N–H and O–H groups in total. The zero-order chi connectivity index (χ0) is 13.4. The Kier molecular flexibility index (Phi) is 6.39. The lowest BCUT2D eigenvalue weighted by Crippen LogP contribution is -2.35. The number of rotatable bonds is 7. The van der Waals surface area contributed by atoms with Gasteiger partial charge in [0.1, 0.15) is 0 Å². The van der Waals surface area contributed by atoms with Crippen LogP contribution in [0, 0.1) is 0 Å². The van der Waals surface area contributed by atoms with Gasteiger partial charge in [-0.05, 0) is 32.6 Å². The minimum atomic E-state index is 0.0338. The number of benzene rings is 1. The number of likely N-dealkylation sites (N-methyl/N-ethyl adjacent to an activating group) is 1. The third kappa shape index (κ3) is 5.29. The van der Waals surface area contributed by atoms with E-state index in [0.29, 0.717) is 13.0 Å². The van der Waals surface area contributed by atoms with Gasteiger partial charge in [0.2, 0.25) is 5.91 Å². The smallest absolute Gasteiger partial charge is 0.220 e. The number of hydrogen-bond acceptors (Lipinski definition) is 3. The van der Waals surface area contributed by atoms with Crippen LogP contribution in [0.5, 0.6) is 0 Å². The zero-order valence-electron chi connectivity index (χ0n) is 11.2. The first-order chi connectivity index (χ1) is 8.63.